The summed E-state index contributed by atoms with van der Waals surface area (Å²) >= 11 is 0. The van der Waals surface area contributed by atoms with E-state index in [4.69, 9.17) is 4.42 Å². The third-order valence-corrected chi connectivity index (χ3v) is 7.21. The highest BCUT2D eigenvalue weighted by Gasteiger charge is 2.25. The lowest BCUT2D eigenvalue weighted by Crippen LogP contribution is -2.16. The van der Waals surface area contributed by atoms with Crippen LogP contribution in [0.3, 0.4) is 0 Å². The van der Waals surface area contributed by atoms with Crippen LogP contribution in [0, 0.1) is 0 Å². The summed E-state index contributed by atoms with van der Waals surface area (Å²) in [6.45, 7) is 5.86. The number of hydrogen-bond donors (Lipinski definition) is 2. The Kier molecular flexibility index (Phi) is 6.29. The summed E-state index contributed by atoms with van der Waals surface area (Å²) in [5, 5.41) is 0. The number of halogens is 2. The van der Waals surface area contributed by atoms with Crippen molar-refractivity contribution in [1.29, 1.82) is 0 Å². The molecule has 0 saturated carbocycles. The van der Waals surface area contributed by atoms with Gasteiger partial charge in [0.25, 0.3) is 20.0 Å². The molecular formula is C20H17F2N3O6S2. The zero-order valence-electron chi connectivity index (χ0n) is 17.0. The van der Waals surface area contributed by atoms with Crippen LogP contribution in [0.2, 0.25) is 0 Å². The van der Waals surface area contributed by atoms with Crippen molar-refractivity contribution in [3.63, 3.8) is 0 Å². The number of fused-ring (bicyclic) bond motifs is 1. The van der Waals surface area contributed by atoms with Crippen molar-refractivity contribution >= 4 is 42.5 Å². The number of sulfonamides is 2. The van der Waals surface area contributed by atoms with Crippen LogP contribution in [0.4, 0.5) is 20.2 Å². The second kappa shape index (κ2) is 8.67. The molecule has 9 nitrogen and oxygen atoms in total. The Balaban J connectivity index is 1.84. The minimum atomic E-state index is -4.67. The molecule has 13 heteroatoms. The molecular weight excluding hydrogens is 480 g/mol. The Morgan fingerprint density at radius 2 is 1.61 bits per heavy atom. The topological polar surface area (TPSA) is 127 Å². The normalized spacial score (nSPS) is 12.8. The molecule has 0 atom stereocenters. The van der Waals surface area contributed by atoms with E-state index < -0.39 is 42.4 Å². The van der Waals surface area contributed by atoms with E-state index in [1.807, 2.05) is 4.72 Å². The number of nitrogens with zero attached hydrogens (tertiary/aromatic N) is 1. The van der Waals surface area contributed by atoms with Crippen molar-refractivity contribution in [3.8, 4) is 0 Å². The molecule has 0 aliphatic carbocycles. The van der Waals surface area contributed by atoms with Gasteiger partial charge in [-0.1, -0.05) is 13.2 Å². The largest absolute Gasteiger partial charge is 0.419 e. The smallest absolute Gasteiger partial charge is 0.408 e. The lowest BCUT2D eigenvalue weighted by atomic mass is 10.3. The molecule has 33 heavy (non-hydrogen) atoms. The van der Waals surface area contributed by atoms with Gasteiger partial charge in [-0.25, -0.2) is 30.4 Å². The number of benzene rings is 2. The second-order valence-electron chi connectivity index (χ2n) is 6.63. The van der Waals surface area contributed by atoms with Crippen LogP contribution in [0.15, 0.2) is 92.4 Å². The van der Waals surface area contributed by atoms with Gasteiger partial charge in [0.1, 0.15) is 11.7 Å². The monoisotopic (exact) mass is 497 g/mol. The van der Waals surface area contributed by atoms with Crippen molar-refractivity contribution in [2.24, 2.45) is 7.05 Å². The summed E-state index contributed by atoms with van der Waals surface area (Å²) in [6, 6.07) is 8.71. The molecule has 0 aliphatic heterocycles. The van der Waals surface area contributed by atoms with Gasteiger partial charge in [-0.3, -0.25) is 14.0 Å². The third-order valence-electron chi connectivity index (χ3n) is 4.37. The molecule has 3 aromatic rings. The summed E-state index contributed by atoms with van der Waals surface area (Å²) in [5.41, 5.74) is 0.463. The summed E-state index contributed by atoms with van der Waals surface area (Å²) in [4.78, 5) is 10.1. The molecule has 0 fully saturated rings. The van der Waals surface area contributed by atoms with Crippen molar-refractivity contribution in [3.05, 3.63) is 88.8 Å². The van der Waals surface area contributed by atoms with Crippen LogP contribution in [-0.4, -0.2) is 21.4 Å². The molecule has 2 aromatic carbocycles. The first-order chi connectivity index (χ1) is 15.4. The van der Waals surface area contributed by atoms with E-state index in [2.05, 4.69) is 17.9 Å². The minimum absolute atomic E-state index is 0.0653. The highest BCUT2D eigenvalue weighted by molar-refractivity contribution is 7.96. The number of aryl methyl sites for hydroxylation is 1. The van der Waals surface area contributed by atoms with Crippen LogP contribution in [0.25, 0.3) is 11.1 Å². The minimum Gasteiger partial charge on any atom is -0.408 e. The Hall–Kier alpha value is -3.71. The number of oxazole rings is 1. The Morgan fingerprint density at radius 3 is 2.15 bits per heavy atom. The number of rotatable bonds is 8. The standard InChI is InChI=1S/C20H17F2N3O6S2/c1-4-16(22)19(12(2)21)33(29,30)24-14-7-5-13(6-8-14)23-32(27,28)15-9-10-17-18(11-15)31-20(26)25(17)3/h4-11,23-24H,1-2H2,3H3/b19-16-. The lowest BCUT2D eigenvalue weighted by molar-refractivity contribution is 0.527. The number of allylic oxidation sites excluding steroid dienone is 3. The lowest BCUT2D eigenvalue weighted by Gasteiger charge is -2.12. The van der Waals surface area contributed by atoms with E-state index >= 15 is 0 Å². The van der Waals surface area contributed by atoms with Gasteiger partial charge in [0, 0.05) is 24.5 Å². The van der Waals surface area contributed by atoms with Gasteiger partial charge in [0.2, 0.25) is 0 Å². The number of hydrogen-bond acceptors (Lipinski definition) is 6. The Labute approximate surface area is 187 Å². The van der Waals surface area contributed by atoms with Crippen molar-refractivity contribution in [2.75, 3.05) is 9.44 Å². The maximum absolute atomic E-state index is 13.7. The van der Waals surface area contributed by atoms with Crippen LogP contribution in [0.1, 0.15) is 0 Å². The number of aromatic nitrogens is 1. The van der Waals surface area contributed by atoms with E-state index in [9.17, 15) is 30.4 Å². The van der Waals surface area contributed by atoms with Crippen molar-refractivity contribution < 1.29 is 30.0 Å². The van der Waals surface area contributed by atoms with Gasteiger partial charge >= 0.3 is 5.76 Å². The van der Waals surface area contributed by atoms with Gasteiger partial charge < -0.3 is 4.42 Å². The maximum atomic E-state index is 13.7. The maximum Gasteiger partial charge on any atom is 0.419 e. The molecule has 0 radical (unpaired) electrons. The first-order valence-corrected chi connectivity index (χ1v) is 11.9. The number of nitrogens with one attached hydrogen (secondary N) is 2. The molecule has 0 amide bonds. The highest BCUT2D eigenvalue weighted by Crippen LogP contribution is 2.26. The molecule has 1 aromatic heterocycles. The fraction of sp³-hybridized carbons (Fsp3) is 0.0500. The van der Waals surface area contributed by atoms with Gasteiger partial charge in [-0.05, 0) is 42.5 Å². The quantitative estimate of drug-likeness (QED) is 0.459. The Morgan fingerprint density at radius 1 is 1.03 bits per heavy atom. The Bertz CT molecular complexity index is 1570. The van der Waals surface area contributed by atoms with Crippen LogP contribution in [-0.2, 0) is 27.1 Å². The fourth-order valence-electron chi connectivity index (χ4n) is 2.80. The molecule has 2 N–H and O–H groups in total. The molecule has 1 heterocycles. The molecule has 0 aliphatic rings. The predicted octanol–water partition coefficient (Wildman–Crippen LogP) is 3.52. The average Bonchev–Trinajstić information content (AvgIpc) is 3.01. The molecule has 0 unspecified atom stereocenters. The molecule has 0 saturated heterocycles. The second-order valence-corrected chi connectivity index (χ2v) is 9.93. The van der Waals surface area contributed by atoms with Gasteiger partial charge in [-0.2, -0.15) is 0 Å². The third kappa shape index (κ3) is 4.88. The summed E-state index contributed by atoms with van der Waals surface area (Å²) in [6.07, 6.45) is 0.523. The summed E-state index contributed by atoms with van der Waals surface area (Å²) in [5.74, 6) is -3.59. The summed E-state index contributed by atoms with van der Waals surface area (Å²) in [7, 11) is -7.28. The predicted molar refractivity (Wildman–Crippen MR) is 120 cm³/mol. The van der Waals surface area contributed by atoms with Gasteiger partial charge in [-0.15, -0.1) is 0 Å². The van der Waals surface area contributed by atoms with Crippen LogP contribution >= 0.6 is 0 Å². The molecule has 174 valence electrons. The molecule has 0 spiro atoms. The van der Waals surface area contributed by atoms with Crippen molar-refractivity contribution in [1.82, 2.24) is 4.57 Å². The highest BCUT2D eigenvalue weighted by atomic mass is 32.2. The summed E-state index contributed by atoms with van der Waals surface area (Å²) < 4.78 is 87.5. The van der Waals surface area contributed by atoms with E-state index in [0.29, 0.717) is 11.6 Å². The first kappa shape index (κ1) is 23.9. The SMILES string of the molecule is C=C/C(F)=C(\C(=C)F)S(=O)(=O)Nc1ccc(NS(=O)(=O)c2ccc3c(c2)oc(=O)n3C)cc1. The van der Waals surface area contributed by atoms with E-state index in [0.717, 1.165) is 0 Å². The first-order valence-electron chi connectivity index (χ1n) is 8.98. The average molecular weight is 498 g/mol. The van der Waals surface area contributed by atoms with E-state index in [1.54, 1.807) is 0 Å². The zero-order chi connectivity index (χ0) is 24.6. The van der Waals surface area contributed by atoms with Crippen LogP contribution < -0.4 is 15.2 Å². The number of anilines is 2. The molecule has 3 rings (SSSR count). The van der Waals surface area contributed by atoms with Crippen LogP contribution in [0.5, 0.6) is 0 Å². The fourth-order valence-corrected chi connectivity index (χ4v) is 5.06. The van der Waals surface area contributed by atoms with Gasteiger partial charge in [0.05, 0.1) is 10.4 Å². The van der Waals surface area contributed by atoms with E-state index in [1.165, 1.54) is 54.1 Å². The van der Waals surface area contributed by atoms with Gasteiger partial charge in [0.15, 0.2) is 10.5 Å². The zero-order valence-corrected chi connectivity index (χ0v) is 18.6. The van der Waals surface area contributed by atoms with E-state index in [-0.39, 0.29) is 21.9 Å². The van der Waals surface area contributed by atoms with Crippen molar-refractivity contribution in [2.45, 2.75) is 4.90 Å². The molecule has 0 bridgehead atoms.